The maximum absolute atomic E-state index is 12.5. The minimum Gasteiger partial charge on any atom is -0.329 e. The molecule has 0 saturated carbocycles. The zero-order chi connectivity index (χ0) is 14.6. The molecule has 0 bridgehead atoms. The summed E-state index contributed by atoms with van der Waals surface area (Å²) in [5, 5.41) is 8.74. The second kappa shape index (κ2) is 6.35. The van der Waals surface area contributed by atoms with Crippen molar-refractivity contribution in [3.63, 3.8) is 0 Å². The molecule has 1 aliphatic heterocycles. The van der Waals surface area contributed by atoms with Gasteiger partial charge in [-0.1, -0.05) is 18.6 Å². The van der Waals surface area contributed by atoms with Crippen molar-refractivity contribution in [2.45, 2.75) is 31.1 Å². The van der Waals surface area contributed by atoms with E-state index in [1.807, 2.05) is 6.07 Å². The van der Waals surface area contributed by atoms with Crippen molar-refractivity contribution >= 4 is 10.0 Å². The van der Waals surface area contributed by atoms with Gasteiger partial charge in [-0.2, -0.15) is 9.57 Å². The predicted molar refractivity (Wildman–Crippen MR) is 77.2 cm³/mol. The summed E-state index contributed by atoms with van der Waals surface area (Å²) in [6.07, 6.45) is 2.76. The molecule has 1 unspecified atom stereocenters. The van der Waals surface area contributed by atoms with Crippen molar-refractivity contribution in [1.29, 1.82) is 5.26 Å². The quantitative estimate of drug-likeness (QED) is 0.903. The fraction of sp³-hybridized carbons (Fsp3) is 0.500. The van der Waals surface area contributed by atoms with Gasteiger partial charge in [0.2, 0.25) is 10.0 Å². The van der Waals surface area contributed by atoms with E-state index in [0.29, 0.717) is 24.2 Å². The highest BCUT2D eigenvalue weighted by Crippen LogP contribution is 2.22. The lowest BCUT2D eigenvalue weighted by Gasteiger charge is -2.33. The topological polar surface area (TPSA) is 87.2 Å². The minimum atomic E-state index is -3.35. The van der Waals surface area contributed by atoms with Gasteiger partial charge >= 0.3 is 0 Å². The molecule has 1 fully saturated rings. The van der Waals surface area contributed by atoms with E-state index < -0.39 is 10.0 Å². The van der Waals surface area contributed by atoms with E-state index in [2.05, 4.69) is 0 Å². The number of hydrogen-bond acceptors (Lipinski definition) is 4. The Morgan fingerprint density at radius 2 is 2.00 bits per heavy atom. The molecule has 0 radical (unpaired) electrons. The number of piperidine rings is 1. The van der Waals surface area contributed by atoms with Crippen LogP contribution >= 0.6 is 0 Å². The SMILES string of the molecule is N#Cc1ccc(CS(=O)(=O)N2CCCCC2CN)cc1. The lowest BCUT2D eigenvalue weighted by molar-refractivity contribution is 0.257. The Morgan fingerprint density at radius 3 is 2.60 bits per heavy atom. The van der Waals surface area contributed by atoms with E-state index in [9.17, 15) is 8.42 Å². The van der Waals surface area contributed by atoms with Crippen molar-refractivity contribution in [1.82, 2.24) is 4.31 Å². The maximum Gasteiger partial charge on any atom is 0.218 e. The number of nitrogens with two attached hydrogens (primary N) is 1. The molecule has 1 aliphatic rings. The smallest absolute Gasteiger partial charge is 0.218 e. The summed E-state index contributed by atoms with van der Waals surface area (Å²) in [5.74, 6) is -0.0325. The van der Waals surface area contributed by atoms with Gasteiger partial charge in [-0.05, 0) is 30.5 Å². The molecular formula is C14H19N3O2S. The van der Waals surface area contributed by atoms with Gasteiger partial charge < -0.3 is 5.73 Å². The van der Waals surface area contributed by atoms with E-state index in [0.717, 1.165) is 19.3 Å². The third-order valence-electron chi connectivity index (χ3n) is 3.63. The first kappa shape index (κ1) is 15.0. The molecule has 20 heavy (non-hydrogen) atoms. The van der Waals surface area contributed by atoms with Crippen LogP contribution in [0.5, 0.6) is 0 Å². The van der Waals surface area contributed by atoms with Crippen LogP contribution in [0.15, 0.2) is 24.3 Å². The van der Waals surface area contributed by atoms with Gasteiger partial charge in [-0.3, -0.25) is 0 Å². The van der Waals surface area contributed by atoms with Crippen molar-refractivity contribution in [2.24, 2.45) is 5.73 Å². The van der Waals surface area contributed by atoms with E-state index >= 15 is 0 Å². The maximum atomic E-state index is 12.5. The highest BCUT2D eigenvalue weighted by molar-refractivity contribution is 7.88. The summed E-state index contributed by atoms with van der Waals surface area (Å²) in [5.41, 5.74) is 6.91. The molecular weight excluding hydrogens is 274 g/mol. The van der Waals surface area contributed by atoms with Gasteiger partial charge in [0.1, 0.15) is 0 Å². The number of benzene rings is 1. The average Bonchev–Trinajstić information content (AvgIpc) is 2.47. The monoisotopic (exact) mass is 293 g/mol. The zero-order valence-corrected chi connectivity index (χ0v) is 12.1. The number of rotatable bonds is 4. The summed E-state index contributed by atoms with van der Waals surface area (Å²) in [7, 11) is -3.35. The number of hydrogen-bond donors (Lipinski definition) is 1. The summed E-state index contributed by atoms with van der Waals surface area (Å²) in [6, 6.07) is 8.61. The first-order valence-corrected chi connectivity index (χ1v) is 8.36. The Morgan fingerprint density at radius 1 is 1.30 bits per heavy atom. The van der Waals surface area contributed by atoms with Crippen molar-refractivity contribution in [3.05, 3.63) is 35.4 Å². The Kier molecular flexibility index (Phi) is 4.76. The van der Waals surface area contributed by atoms with Crippen LogP contribution in [0.2, 0.25) is 0 Å². The van der Waals surface area contributed by atoms with Crippen LogP contribution in [0.4, 0.5) is 0 Å². The molecule has 1 atom stereocenters. The molecule has 1 saturated heterocycles. The lowest BCUT2D eigenvalue weighted by Crippen LogP contribution is -2.47. The number of nitriles is 1. The van der Waals surface area contributed by atoms with E-state index in [1.54, 1.807) is 28.6 Å². The second-order valence-corrected chi connectivity index (χ2v) is 6.98. The molecule has 2 N–H and O–H groups in total. The van der Waals surface area contributed by atoms with E-state index in [4.69, 9.17) is 11.0 Å². The van der Waals surface area contributed by atoms with Crippen LogP contribution in [0.1, 0.15) is 30.4 Å². The van der Waals surface area contributed by atoms with Crippen molar-refractivity contribution in [3.8, 4) is 6.07 Å². The molecule has 0 amide bonds. The highest BCUT2D eigenvalue weighted by Gasteiger charge is 2.31. The number of nitrogens with zero attached hydrogens (tertiary/aromatic N) is 2. The van der Waals surface area contributed by atoms with Gasteiger partial charge in [0, 0.05) is 19.1 Å². The van der Waals surface area contributed by atoms with Gasteiger partial charge in [-0.25, -0.2) is 8.42 Å². The fourth-order valence-electron chi connectivity index (χ4n) is 2.54. The molecule has 0 aliphatic carbocycles. The molecule has 108 valence electrons. The summed E-state index contributed by atoms with van der Waals surface area (Å²) < 4.78 is 26.5. The molecule has 0 spiro atoms. The largest absolute Gasteiger partial charge is 0.329 e. The molecule has 1 heterocycles. The minimum absolute atomic E-state index is 0.0325. The highest BCUT2D eigenvalue weighted by atomic mass is 32.2. The van der Waals surface area contributed by atoms with Crippen molar-refractivity contribution < 1.29 is 8.42 Å². The zero-order valence-electron chi connectivity index (χ0n) is 11.3. The molecule has 6 heteroatoms. The van der Waals surface area contributed by atoms with Gasteiger partial charge in [-0.15, -0.1) is 0 Å². The first-order valence-electron chi connectivity index (χ1n) is 6.75. The Hall–Kier alpha value is -1.42. The van der Waals surface area contributed by atoms with Crippen LogP contribution in [-0.2, 0) is 15.8 Å². The van der Waals surface area contributed by atoms with Crippen LogP contribution < -0.4 is 5.73 Å². The molecule has 5 nitrogen and oxygen atoms in total. The van der Waals surface area contributed by atoms with Crippen LogP contribution in [0.25, 0.3) is 0 Å². The van der Waals surface area contributed by atoms with Crippen LogP contribution in [-0.4, -0.2) is 31.9 Å². The molecule has 1 aromatic carbocycles. The van der Waals surface area contributed by atoms with E-state index in [-0.39, 0.29) is 11.8 Å². The predicted octanol–water partition coefficient (Wildman–Crippen LogP) is 1.20. The van der Waals surface area contributed by atoms with E-state index in [1.165, 1.54) is 0 Å². The summed E-state index contributed by atoms with van der Waals surface area (Å²) in [4.78, 5) is 0. The Labute approximate surface area is 120 Å². The molecule has 0 aromatic heterocycles. The van der Waals surface area contributed by atoms with Crippen LogP contribution in [0, 0.1) is 11.3 Å². The van der Waals surface area contributed by atoms with Crippen LogP contribution in [0.3, 0.4) is 0 Å². The summed E-state index contributed by atoms with van der Waals surface area (Å²) >= 11 is 0. The molecule has 2 rings (SSSR count). The fourth-order valence-corrected chi connectivity index (χ4v) is 4.38. The average molecular weight is 293 g/mol. The third kappa shape index (κ3) is 3.37. The Balaban J connectivity index is 2.15. The normalized spacial score (nSPS) is 20.5. The summed E-state index contributed by atoms with van der Waals surface area (Å²) in [6.45, 7) is 0.924. The van der Waals surface area contributed by atoms with Gasteiger partial charge in [0.25, 0.3) is 0 Å². The third-order valence-corrected chi connectivity index (χ3v) is 5.53. The lowest BCUT2D eigenvalue weighted by atomic mass is 10.1. The van der Waals surface area contributed by atoms with Gasteiger partial charge in [0.05, 0.1) is 17.4 Å². The standard InChI is InChI=1S/C14H19N3O2S/c15-9-12-4-6-13(7-5-12)11-20(18,19)17-8-2-1-3-14(17)10-16/h4-7,14H,1-3,8,10-11,16H2. The Bertz CT molecular complexity index is 590. The first-order chi connectivity index (χ1) is 9.56. The second-order valence-electron chi connectivity index (χ2n) is 5.06. The molecule has 1 aromatic rings. The van der Waals surface area contributed by atoms with Gasteiger partial charge in [0.15, 0.2) is 0 Å². The van der Waals surface area contributed by atoms with Crippen molar-refractivity contribution in [2.75, 3.05) is 13.1 Å². The number of sulfonamides is 1.